The van der Waals surface area contributed by atoms with Crippen LogP contribution in [0.2, 0.25) is 0 Å². The lowest BCUT2D eigenvalue weighted by Crippen LogP contribution is -2.45. The van der Waals surface area contributed by atoms with Gasteiger partial charge in [0.25, 0.3) is 0 Å². The molecule has 0 amide bonds. The zero-order valence-electron chi connectivity index (χ0n) is 12.5. The molecule has 0 spiro atoms. The highest BCUT2D eigenvalue weighted by Crippen LogP contribution is 2.19. The molecule has 0 bridgehead atoms. The van der Waals surface area contributed by atoms with Crippen molar-refractivity contribution < 1.29 is 8.42 Å². The maximum Gasteiger partial charge on any atom is 0.240 e. The molecule has 118 valence electrons. The number of benzene rings is 1. The highest BCUT2D eigenvalue weighted by Gasteiger charge is 2.22. The summed E-state index contributed by atoms with van der Waals surface area (Å²) in [7, 11) is -3.43. The summed E-state index contributed by atoms with van der Waals surface area (Å²) in [6, 6.07) is 7.00. The van der Waals surface area contributed by atoms with Crippen molar-refractivity contribution in [3.05, 3.63) is 28.7 Å². The number of likely N-dealkylation sites (tertiary alicyclic amines) is 1. The number of sulfonamides is 1. The minimum Gasteiger partial charge on any atom is -0.299 e. The number of hydrogen-bond donors (Lipinski definition) is 1. The Balaban J connectivity index is 1.92. The highest BCUT2D eigenvalue weighted by atomic mass is 79.9. The summed E-state index contributed by atoms with van der Waals surface area (Å²) in [5, 5.41) is 0. The van der Waals surface area contributed by atoms with Gasteiger partial charge in [0.05, 0.1) is 4.90 Å². The summed E-state index contributed by atoms with van der Waals surface area (Å²) < 4.78 is 28.0. The van der Waals surface area contributed by atoms with E-state index in [0.29, 0.717) is 11.4 Å². The minimum absolute atomic E-state index is 0.222. The molecule has 1 fully saturated rings. The Kier molecular flexibility index (Phi) is 5.82. The molecule has 0 aromatic heterocycles. The molecule has 1 aliphatic rings. The number of halogens is 1. The van der Waals surface area contributed by atoms with Crippen molar-refractivity contribution in [2.24, 2.45) is 5.92 Å². The van der Waals surface area contributed by atoms with Gasteiger partial charge in [-0.3, -0.25) is 4.90 Å². The van der Waals surface area contributed by atoms with Crippen LogP contribution in [0, 0.1) is 5.92 Å². The smallest absolute Gasteiger partial charge is 0.240 e. The lowest BCUT2D eigenvalue weighted by Gasteiger charge is -2.34. The first-order chi connectivity index (χ1) is 9.88. The first-order valence-corrected chi connectivity index (χ1v) is 9.65. The summed E-state index contributed by atoms with van der Waals surface area (Å²) in [5.74, 6) is 0.784. The van der Waals surface area contributed by atoms with Crippen molar-refractivity contribution in [1.82, 2.24) is 9.62 Å². The van der Waals surface area contributed by atoms with Gasteiger partial charge in [0.2, 0.25) is 10.0 Å². The van der Waals surface area contributed by atoms with E-state index in [-0.39, 0.29) is 6.04 Å². The van der Waals surface area contributed by atoms with Gasteiger partial charge in [0.15, 0.2) is 0 Å². The SMILES string of the molecule is CC1CCN([C@H](C)CNS(=O)(=O)c2cccc(Br)c2)CC1. The van der Waals surface area contributed by atoms with Crippen LogP contribution in [0.5, 0.6) is 0 Å². The fraction of sp³-hybridized carbons (Fsp3) is 0.600. The minimum atomic E-state index is -3.43. The van der Waals surface area contributed by atoms with Crippen molar-refractivity contribution in [3.8, 4) is 0 Å². The summed E-state index contributed by atoms with van der Waals surface area (Å²) in [6.45, 7) is 6.92. The zero-order chi connectivity index (χ0) is 15.5. The van der Waals surface area contributed by atoms with E-state index in [1.807, 2.05) is 6.07 Å². The van der Waals surface area contributed by atoms with Gasteiger partial charge in [-0.1, -0.05) is 28.9 Å². The zero-order valence-corrected chi connectivity index (χ0v) is 15.0. The van der Waals surface area contributed by atoms with E-state index in [4.69, 9.17) is 0 Å². The second kappa shape index (κ2) is 7.22. The predicted molar refractivity (Wildman–Crippen MR) is 88.8 cm³/mol. The molecule has 1 aliphatic heterocycles. The normalized spacial score (nSPS) is 19.6. The molecular formula is C15H23BrN2O2S. The maximum atomic E-state index is 12.3. The fourth-order valence-corrected chi connectivity index (χ4v) is 4.26. The van der Waals surface area contributed by atoms with E-state index >= 15 is 0 Å². The van der Waals surface area contributed by atoms with Crippen LogP contribution in [0.3, 0.4) is 0 Å². The molecule has 0 radical (unpaired) electrons. The molecule has 2 rings (SSSR count). The van der Waals surface area contributed by atoms with Gasteiger partial charge in [-0.15, -0.1) is 0 Å². The van der Waals surface area contributed by atoms with E-state index in [9.17, 15) is 8.42 Å². The number of nitrogens with one attached hydrogen (secondary N) is 1. The summed E-state index contributed by atoms with van der Waals surface area (Å²) in [5.41, 5.74) is 0. The molecule has 1 heterocycles. The lowest BCUT2D eigenvalue weighted by atomic mass is 9.98. The second-order valence-corrected chi connectivity index (χ2v) is 8.56. The van der Waals surface area contributed by atoms with Crippen LogP contribution in [-0.2, 0) is 10.0 Å². The molecule has 1 aromatic rings. The van der Waals surface area contributed by atoms with E-state index in [2.05, 4.69) is 39.4 Å². The average molecular weight is 375 g/mol. The van der Waals surface area contributed by atoms with Crippen molar-refractivity contribution in [2.45, 2.75) is 37.6 Å². The van der Waals surface area contributed by atoms with Crippen LogP contribution < -0.4 is 4.72 Å². The maximum absolute atomic E-state index is 12.3. The van der Waals surface area contributed by atoms with E-state index in [1.54, 1.807) is 18.2 Å². The monoisotopic (exact) mass is 374 g/mol. The Hall–Kier alpha value is -0.430. The Labute approximate surface area is 136 Å². The number of rotatable bonds is 5. The van der Waals surface area contributed by atoms with E-state index in [0.717, 1.165) is 23.5 Å². The van der Waals surface area contributed by atoms with Crippen molar-refractivity contribution in [1.29, 1.82) is 0 Å². The Morgan fingerprint density at radius 2 is 2.05 bits per heavy atom. The van der Waals surface area contributed by atoms with Crippen LogP contribution in [0.15, 0.2) is 33.6 Å². The second-order valence-electron chi connectivity index (χ2n) is 5.88. The third-order valence-electron chi connectivity index (χ3n) is 4.12. The van der Waals surface area contributed by atoms with Gasteiger partial charge >= 0.3 is 0 Å². The van der Waals surface area contributed by atoms with Gasteiger partial charge < -0.3 is 0 Å². The molecule has 4 nitrogen and oxygen atoms in total. The number of piperidine rings is 1. The molecule has 0 unspecified atom stereocenters. The molecule has 1 N–H and O–H groups in total. The largest absolute Gasteiger partial charge is 0.299 e. The van der Waals surface area contributed by atoms with Crippen LogP contribution in [0.4, 0.5) is 0 Å². The highest BCUT2D eigenvalue weighted by molar-refractivity contribution is 9.10. The molecule has 0 aliphatic carbocycles. The molecule has 1 atom stereocenters. The molecular weight excluding hydrogens is 352 g/mol. The number of hydrogen-bond acceptors (Lipinski definition) is 3. The van der Waals surface area contributed by atoms with Crippen molar-refractivity contribution in [3.63, 3.8) is 0 Å². The first kappa shape index (κ1) is 16.9. The van der Waals surface area contributed by atoms with Crippen molar-refractivity contribution >= 4 is 26.0 Å². The third-order valence-corrected chi connectivity index (χ3v) is 6.03. The van der Waals surface area contributed by atoms with E-state index < -0.39 is 10.0 Å². The van der Waals surface area contributed by atoms with Gasteiger partial charge in [-0.25, -0.2) is 13.1 Å². The Morgan fingerprint density at radius 3 is 2.67 bits per heavy atom. The van der Waals surface area contributed by atoms with Crippen LogP contribution in [0.25, 0.3) is 0 Å². The molecule has 21 heavy (non-hydrogen) atoms. The molecule has 1 saturated heterocycles. The average Bonchev–Trinajstić information content (AvgIpc) is 2.45. The van der Waals surface area contributed by atoms with Crippen LogP contribution in [0.1, 0.15) is 26.7 Å². The topological polar surface area (TPSA) is 49.4 Å². The van der Waals surface area contributed by atoms with Crippen LogP contribution in [-0.4, -0.2) is 39.0 Å². The predicted octanol–water partition coefficient (Wildman–Crippen LogP) is 2.85. The van der Waals surface area contributed by atoms with Gasteiger partial charge in [0.1, 0.15) is 0 Å². The molecule has 0 saturated carbocycles. The molecule has 6 heteroatoms. The van der Waals surface area contributed by atoms with E-state index in [1.165, 1.54) is 12.8 Å². The quantitative estimate of drug-likeness (QED) is 0.861. The summed E-state index contributed by atoms with van der Waals surface area (Å²) in [4.78, 5) is 2.67. The van der Waals surface area contributed by atoms with Crippen molar-refractivity contribution in [2.75, 3.05) is 19.6 Å². The van der Waals surface area contributed by atoms with Gasteiger partial charge in [-0.2, -0.15) is 0 Å². The Bertz CT molecular complexity index is 569. The van der Waals surface area contributed by atoms with Crippen LogP contribution >= 0.6 is 15.9 Å². The third kappa shape index (κ3) is 4.77. The Morgan fingerprint density at radius 1 is 1.38 bits per heavy atom. The fourth-order valence-electron chi connectivity index (χ4n) is 2.55. The summed E-state index contributed by atoms with van der Waals surface area (Å²) in [6.07, 6.45) is 2.39. The van der Waals surface area contributed by atoms with Gasteiger partial charge in [-0.05, 0) is 57.0 Å². The number of nitrogens with zero attached hydrogens (tertiary/aromatic N) is 1. The molecule has 1 aromatic carbocycles. The lowest BCUT2D eigenvalue weighted by molar-refractivity contribution is 0.148. The first-order valence-electron chi connectivity index (χ1n) is 7.38. The summed E-state index contributed by atoms with van der Waals surface area (Å²) >= 11 is 3.30. The standard InChI is InChI=1S/C15H23BrN2O2S/c1-12-6-8-18(9-7-12)13(2)11-17-21(19,20)15-5-3-4-14(16)10-15/h3-5,10,12-13,17H,6-9,11H2,1-2H3/t13-/m1/s1. The van der Waals surface area contributed by atoms with Gasteiger partial charge in [0, 0.05) is 17.1 Å².